The number of anilines is 2. The van der Waals surface area contributed by atoms with Gasteiger partial charge in [-0.3, -0.25) is 9.59 Å². The first-order valence-corrected chi connectivity index (χ1v) is 11.4. The number of methoxy groups -OCH3 is 2. The van der Waals surface area contributed by atoms with Crippen molar-refractivity contribution in [3.63, 3.8) is 0 Å². The molecule has 4 rings (SSSR count). The number of carbonyl (C=O) groups excluding carboxylic acids is 2. The summed E-state index contributed by atoms with van der Waals surface area (Å²) in [4.78, 5) is 25.2. The van der Waals surface area contributed by atoms with Gasteiger partial charge >= 0.3 is 0 Å². The number of thioether (sulfide) groups is 1. The van der Waals surface area contributed by atoms with E-state index in [0.717, 1.165) is 23.8 Å². The molecule has 3 aromatic rings. The van der Waals surface area contributed by atoms with Crippen molar-refractivity contribution < 1.29 is 19.1 Å². The average Bonchev–Trinajstić information content (AvgIpc) is 3.60. The Morgan fingerprint density at radius 3 is 2.27 bits per heavy atom. The maximum absolute atomic E-state index is 12.6. The molecule has 2 amide bonds. The third kappa shape index (κ3) is 5.28. The zero-order valence-corrected chi connectivity index (χ0v) is 19.4. The lowest BCUT2D eigenvalue weighted by Gasteiger charge is -2.16. The molecule has 9 nitrogen and oxygen atoms in total. The molecular weight excluding hydrogens is 442 g/mol. The van der Waals surface area contributed by atoms with Crippen molar-refractivity contribution in [2.75, 3.05) is 30.6 Å². The number of nitrogens with zero attached hydrogens (tertiary/aromatic N) is 3. The van der Waals surface area contributed by atoms with Gasteiger partial charge in [0.1, 0.15) is 17.3 Å². The monoisotopic (exact) mass is 467 g/mol. The minimum Gasteiger partial charge on any atom is -0.494 e. The summed E-state index contributed by atoms with van der Waals surface area (Å²) in [6.45, 7) is 1.92. The van der Waals surface area contributed by atoms with Crippen LogP contribution < -0.4 is 20.1 Å². The lowest BCUT2D eigenvalue weighted by Crippen LogP contribution is -2.16. The molecule has 33 heavy (non-hydrogen) atoms. The highest BCUT2D eigenvalue weighted by molar-refractivity contribution is 7.99. The van der Waals surface area contributed by atoms with Crippen LogP contribution >= 0.6 is 11.8 Å². The highest BCUT2D eigenvalue weighted by Crippen LogP contribution is 2.39. The zero-order valence-electron chi connectivity index (χ0n) is 18.6. The highest BCUT2D eigenvalue weighted by atomic mass is 32.2. The first-order valence-electron chi connectivity index (χ1n) is 10.5. The van der Waals surface area contributed by atoms with E-state index in [9.17, 15) is 9.59 Å². The Bertz CT molecular complexity index is 1160. The van der Waals surface area contributed by atoms with Crippen molar-refractivity contribution in [3.8, 4) is 11.5 Å². The first-order chi connectivity index (χ1) is 16.0. The second-order valence-electron chi connectivity index (χ2n) is 7.54. The van der Waals surface area contributed by atoms with Crippen LogP contribution in [0.15, 0.2) is 47.6 Å². The van der Waals surface area contributed by atoms with Crippen LogP contribution in [0.3, 0.4) is 0 Å². The van der Waals surface area contributed by atoms with Crippen molar-refractivity contribution in [1.82, 2.24) is 14.8 Å². The minimum absolute atomic E-state index is 0.169. The van der Waals surface area contributed by atoms with Gasteiger partial charge < -0.3 is 24.7 Å². The molecule has 1 aromatic heterocycles. The number of aromatic nitrogens is 3. The molecule has 0 radical (unpaired) electrons. The number of carbonyl (C=O) groups is 2. The van der Waals surface area contributed by atoms with Crippen LogP contribution in [0.5, 0.6) is 11.5 Å². The summed E-state index contributed by atoms with van der Waals surface area (Å²) < 4.78 is 13.0. The second kappa shape index (κ2) is 9.95. The molecule has 10 heteroatoms. The van der Waals surface area contributed by atoms with E-state index in [-0.39, 0.29) is 17.6 Å². The number of amides is 2. The van der Waals surface area contributed by atoms with Crippen LogP contribution in [0, 0.1) is 6.92 Å². The van der Waals surface area contributed by atoms with Crippen LogP contribution in [0.2, 0.25) is 0 Å². The SMILES string of the molecule is COc1cc(NC(=O)c2ccccc2)c(OC)cc1NC(=O)CSc1nnc(C)n1C1CC1. The normalized spacial score (nSPS) is 12.8. The van der Waals surface area contributed by atoms with Gasteiger partial charge in [-0.05, 0) is 31.9 Å². The number of hydrogen-bond acceptors (Lipinski definition) is 7. The molecule has 1 aliphatic carbocycles. The fourth-order valence-corrected chi connectivity index (χ4v) is 4.25. The lowest BCUT2D eigenvalue weighted by atomic mass is 10.2. The summed E-state index contributed by atoms with van der Waals surface area (Å²) in [6.07, 6.45) is 2.23. The standard InChI is InChI=1S/C23H25N5O4S/c1-14-26-27-23(28(14)16-9-10-16)33-13-21(29)24-17-11-20(32-3)18(12-19(17)31-2)25-22(30)15-7-5-4-6-8-15/h4-8,11-12,16H,9-10,13H2,1-3H3,(H,24,29)(H,25,30). The lowest BCUT2D eigenvalue weighted by molar-refractivity contribution is -0.113. The smallest absolute Gasteiger partial charge is 0.255 e. The number of benzene rings is 2. The Hall–Kier alpha value is -3.53. The number of aryl methyl sites for hydroxylation is 1. The van der Waals surface area contributed by atoms with E-state index in [2.05, 4.69) is 25.4 Å². The maximum atomic E-state index is 12.6. The Labute approximate surface area is 195 Å². The van der Waals surface area contributed by atoms with Crippen molar-refractivity contribution in [3.05, 3.63) is 53.9 Å². The zero-order chi connectivity index (χ0) is 23.4. The molecule has 2 aromatic carbocycles. The quantitative estimate of drug-likeness (QED) is 0.459. The highest BCUT2D eigenvalue weighted by Gasteiger charge is 2.28. The Morgan fingerprint density at radius 1 is 1.03 bits per heavy atom. The topological polar surface area (TPSA) is 107 Å². The second-order valence-corrected chi connectivity index (χ2v) is 8.48. The van der Waals surface area contributed by atoms with Gasteiger partial charge in [0.05, 0.1) is 31.3 Å². The van der Waals surface area contributed by atoms with Crippen LogP contribution in [-0.2, 0) is 4.79 Å². The van der Waals surface area contributed by atoms with Gasteiger partial charge in [0.2, 0.25) is 5.91 Å². The van der Waals surface area contributed by atoms with Gasteiger partial charge in [-0.15, -0.1) is 10.2 Å². The van der Waals surface area contributed by atoms with Crippen LogP contribution in [0.4, 0.5) is 11.4 Å². The molecule has 172 valence electrons. The van der Waals surface area contributed by atoms with E-state index in [1.165, 1.54) is 26.0 Å². The molecule has 0 atom stereocenters. The van der Waals surface area contributed by atoms with E-state index in [4.69, 9.17) is 9.47 Å². The summed E-state index contributed by atoms with van der Waals surface area (Å²) in [5.74, 6) is 1.33. The van der Waals surface area contributed by atoms with E-state index in [1.54, 1.807) is 36.4 Å². The average molecular weight is 468 g/mol. The van der Waals surface area contributed by atoms with Gasteiger partial charge in [0, 0.05) is 23.7 Å². The summed E-state index contributed by atoms with van der Waals surface area (Å²) in [5.41, 5.74) is 1.39. The fourth-order valence-electron chi connectivity index (χ4n) is 3.39. The summed E-state index contributed by atoms with van der Waals surface area (Å²) in [7, 11) is 2.99. The van der Waals surface area contributed by atoms with Gasteiger partial charge in [-0.25, -0.2) is 0 Å². The molecule has 0 aliphatic heterocycles. The summed E-state index contributed by atoms with van der Waals surface area (Å²) in [6, 6.07) is 12.5. The molecule has 2 N–H and O–H groups in total. The molecule has 1 saturated carbocycles. The van der Waals surface area contributed by atoms with E-state index < -0.39 is 0 Å². The molecule has 1 fully saturated rings. The van der Waals surface area contributed by atoms with Crippen LogP contribution in [0.1, 0.15) is 35.1 Å². The molecular formula is C23H25N5O4S. The van der Waals surface area contributed by atoms with E-state index in [0.29, 0.717) is 34.5 Å². The summed E-state index contributed by atoms with van der Waals surface area (Å²) >= 11 is 1.34. The minimum atomic E-state index is -0.279. The first kappa shape index (κ1) is 22.7. The van der Waals surface area contributed by atoms with Crippen molar-refractivity contribution in [1.29, 1.82) is 0 Å². The van der Waals surface area contributed by atoms with Gasteiger partial charge in [-0.2, -0.15) is 0 Å². The Kier molecular flexibility index (Phi) is 6.83. The molecule has 0 saturated heterocycles. The van der Waals surface area contributed by atoms with E-state index >= 15 is 0 Å². The number of hydrogen-bond donors (Lipinski definition) is 2. The van der Waals surface area contributed by atoms with Crippen molar-refractivity contribution >= 4 is 35.0 Å². The Morgan fingerprint density at radius 2 is 1.67 bits per heavy atom. The van der Waals surface area contributed by atoms with Gasteiger partial charge in [-0.1, -0.05) is 30.0 Å². The largest absolute Gasteiger partial charge is 0.494 e. The molecule has 0 bridgehead atoms. The summed E-state index contributed by atoms with van der Waals surface area (Å²) in [5, 5.41) is 14.8. The molecule has 0 spiro atoms. The third-order valence-electron chi connectivity index (χ3n) is 5.16. The number of nitrogens with one attached hydrogen (secondary N) is 2. The molecule has 1 heterocycles. The number of rotatable bonds is 9. The Balaban J connectivity index is 1.46. The predicted octanol–water partition coefficient (Wildman–Crippen LogP) is 3.92. The molecule has 1 aliphatic rings. The number of ether oxygens (including phenoxy) is 2. The van der Waals surface area contributed by atoms with Crippen molar-refractivity contribution in [2.45, 2.75) is 31.0 Å². The van der Waals surface area contributed by atoms with Crippen molar-refractivity contribution in [2.24, 2.45) is 0 Å². The van der Waals surface area contributed by atoms with Gasteiger partial charge in [0.25, 0.3) is 5.91 Å². The fraction of sp³-hybridized carbons (Fsp3) is 0.304. The van der Waals surface area contributed by atoms with Crippen LogP contribution in [-0.4, -0.2) is 46.6 Å². The predicted molar refractivity (Wildman–Crippen MR) is 126 cm³/mol. The van der Waals surface area contributed by atoms with E-state index in [1.807, 2.05) is 13.0 Å². The van der Waals surface area contributed by atoms with Crippen LogP contribution in [0.25, 0.3) is 0 Å². The van der Waals surface area contributed by atoms with Gasteiger partial charge in [0.15, 0.2) is 5.16 Å². The maximum Gasteiger partial charge on any atom is 0.255 e. The molecule has 0 unspecified atom stereocenters. The third-order valence-corrected chi connectivity index (χ3v) is 6.10.